The molecule has 2 aromatic rings. The molecule has 0 aliphatic heterocycles. The monoisotopic (exact) mass is 268 g/mol. The highest BCUT2D eigenvalue weighted by molar-refractivity contribution is 7.92. The number of thiophene rings is 1. The molecule has 6 heteroatoms. The van der Waals surface area contributed by atoms with Crippen molar-refractivity contribution in [1.29, 1.82) is 0 Å². The largest absolute Gasteiger partial charge is 0.326 e. The topological polar surface area (TPSA) is 72.2 Å². The fourth-order valence-corrected chi connectivity index (χ4v) is 3.16. The Hall–Kier alpha value is -1.37. The lowest BCUT2D eigenvalue weighted by Crippen LogP contribution is -2.13. The zero-order chi connectivity index (χ0) is 12.3. The smallest absolute Gasteiger partial charge is 0.261 e. The summed E-state index contributed by atoms with van der Waals surface area (Å²) in [7, 11) is -3.51. The third kappa shape index (κ3) is 2.85. The summed E-state index contributed by atoms with van der Waals surface area (Å²) in [6.07, 6.45) is 0. The van der Waals surface area contributed by atoms with E-state index in [0.717, 1.165) is 5.56 Å². The maximum Gasteiger partial charge on any atom is 0.261 e. The van der Waals surface area contributed by atoms with Crippen LogP contribution in [0.1, 0.15) is 5.56 Å². The lowest BCUT2D eigenvalue weighted by molar-refractivity contribution is 0.601. The molecule has 0 aliphatic rings. The molecule has 1 aromatic heterocycles. The lowest BCUT2D eigenvalue weighted by Gasteiger charge is -2.07. The second-order valence-electron chi connectivity index (χ2n) is 3.47. The van der Waals surface area contributed by atoms with Gasteiger partial charge in [0.05, 0.1) is 10.6 Å². The van der Waals surface area contributed by atoms with Crippen LogP contribution in [-0.2, 0) is 16.6 Å². The van der Waals surface area contributed by atoms with Gasteiger partial charge in [0.15, 0.2) is 0 Å². The highest BCUT2D eigenvalue weighted by atomic mass is 32.2. The molecule has 3 N–H and O–H groups in total. The quantitative estimate of drug-likeness (QED) is 0.891. The van der Waals surface area contributed by atoms with E-state index in [9.17, 15) is 8.42 Å². The van der Waals surface area contributed by atoms with Gasteiger partial charge < -0.3 is 5.73 Å². The third-order valence-electron chi connectivity index (χ3n) is 2.22. The number of rotatable bonds is 4. The maximum absolute atomic E-state index is 12.0. The SMILES string of the molecule is NCc1cccc(S(=O)(=O)Nc2ccsc2)c1. The van der Waals surface area contributed by atoms with Crippen LogP contribution in [0, 0.1) is 0 Å². The molecule has 0 unspecified atom stereocenters. The van der Waals surface area contributed by atoms with E-state index in [2.05, 4.69) is 4.72 Å². The Morgan fingerprint density at radius 3 is 2.76 bits per heavy atom. The molecule has 17 heavy (non-hydrogen) atoms. The zero-order valence-electron chi connectivity index (χ0n) is 8.96. The van der Waals surface area contributed by atoms with Gasteiger partial charge in [-0.15, -0.1) is 0 Å². The van der Waals surface area contributed by atoms with Gasteiger partial charge in [-0.05, 0) is 29.1 Å². The van der Waals surface area contributed by atoms with Gasteiger partial charge in [0, 0.05) is 11.9 Å². The number of hydrogen-bond donors (Lipinski definition) is 2. The summed E-state index contributed by atoms with van der Waals surface area (Å²) < 4.78 is 26.5. The molecular formula is C11H12N2O2S2. The van der Waals surface area contributed by atoms with Crippen molar-refractivity contribution in [2.24, 2.45) is 5.73 Å². The number of anilines is 1. The van der Waals surface area contributed by atoms with Crippen molar-refractivity contribution in [2.45, 2.75) is 11.4 Å². The highest BCUT2D eigenvalue weighted by Gasteiger charge is 2.14. The summed E-state index contributed by atoms with van der Waals surface area (Å²) in [5.74, 6) is 0. The molecular weight excluding hydrogens is 256 g/mol. The van der Waals surface area contributed by atoms with E-state index in [1.165, 1.54) is 11.3 Å². The summed E-state index contributed by atoms with van der Waals surface area (Å²) in [5.41, 5.74) is 6.85. The molecule has 0 radical (unpaired) electrons. The first-order valence-corrected chi connectivity index (χ1v) is 7.38. The second kappa shape index (κ2) is 4.87. The van der Waals surface area contributed by atoms with Crippen molar-refractivity contribution in [3.05, 3.63) is 46.7 Å². The fraction of sp³-hybridized carbons (Fsp3) is 0.0909. The minimum atomic E-state index is -3.51. The first kappa shape index (κ1) is 12.1. The average molecular weight is 268 g/mol. The summed E-state index contributed by atoms with van der Waals surface area (Å²) >= 11 is 1.44. The predicted molar refractivity (Wildman–Crippen MR) is 69.5 cm³/mol. The fourth-order valence-electron chi connectivity index (χ4n) is 1.38. The van der Waals surface area contributed by atoms with Crippen LogP contribution in [0.15, 0.2) is 46.0 Å². The third-order valence-corrected chi connectivity index (χ3v) is 4.28. The Morgan fingerprint density at radius 2 is 2.12 bits per heavy atom. The number of nitrogens with one attached hydrogen (secondary N) is 1. The maximum atomic E-state index is 12.0. The molecule has 0 amide bonds. The van der Waals surface area contributed by atoms with Crippen LogP contribution >= 0.6 is 11.3 Å². The van der Waals surface area contributed by atoms with E-state index in [1.54, 1.807) is 35.7 Å². The van der Waals surface area contributed by atoms with Gasteiger partial charge in [0.2, 0.25) is 0 Å². The number of benzene rings is 1. The van der Waals surface area contributed by atoms with Crippen LogP contribution in [0.5, 0.6) is 0 Å². The van der Waals surface area contributed by atoms with Crippen molar-refractivity contribution in [3.63, 3.8) is 0 Å². The number of hydrogen-bond acceptors (Lipinski definition) is 4. The van der Waals surface area contributed by atoms with E-state index in [1.807, 2.05) is 5.38 Å². The van der Waals surface area contributed by atoms with E-state index in [4.69, 9.17) is 5.73 Å². The van der Waals surface area contributed by atoms with Gasteiger partial charge >= 0.3 is 0 Å². The van der Waals surface area contributed by atoms with Gasteiger partial charge in [-0.1, -0.05) is 12.1 Å². The molecule has 90 valence electrons. The van der Waals surface area contributed by atoms with Crippen molar-refractivity contribution in [1.82, 2.24) is 0 Å². The van der Waals surface area contributed by atoms with Crippen LogP contribution in [-0.4, -0.2) is 8.42 Å². The molecule has 1 aromatic carbocycles. The van der Waals surface area contributed by atoms with Crippen molar-refractivity contribution in [2.75, 3.05) is 4.72 Å². The van der Waals surface area contributed by atoms with Crippen LogP contribution < -0.4 is 10.5 Å². The summed E-state index contributed by atoms with van der Waals surface area (Å²) in [6, 6.07) is 8.32. The molecule has 0 fully saturated rings. The zero-order valence-corrected chi connectivity index (χ0v) is 10.6. The van der Waals surface area contributed by atoms with Crippen LogP contribution in [0.3, 0.4) is 0 Å². The second-order valence-corrected chi connectivity index (χ2v) is 5.93. The first-order chi connectivity index (χ1) is 8.12. The van der Waals surface area contributed by atoms with Gasteiger partial charge in [0.25, 0.3) is 10.0 Å². The molecule has 0 atom stereocenters. The van der Waals surface area contributed by atoms with E-state index >= 15 is 0 Å². The Kier molecular flexibility index (Phi) is 3.46. The van der Waals surface area contributed by atoms with E-state index in [0.29, 0.717) is 12.2 Å². The molecule has 1 heterocycles. The minimum absolute atomic E-state index is 0.228. The predicted octanol–water partition coefficient (Wildman–Crippen LogP) is 2.01. The molecule has 2 rings (SSSR count). The Balaban J connectivity index is 2.31. The highest BCUT2D eigenvalue weighted by Crippen LogP contribution is 2.18. The van der Waals surface area contributed by atoms with Gasteiger partial charge in [-0.3, -0.25) is 4.72 Å². The molecule has 0 saturated heterocycles. The molecule has 4 nitrogen and oxygen atoms in total. The van der Waals surface area contributed by atoms with Crippen LogP contribution in [0.2, 0.25) is 0 Å². The standard InChI is InChI=1S/C11H12N2O2S2/c12-7-9-2-1-3-11(6-9)17(14,15)13-10-4-5-16-8-10/h1-6,8,13H,7,12H2. The van der Waals surface area contributed by atoms with Crippen molar-refractivity contribution < 1.29 is 8.42 Å². The van der Waals surface area contributed by atoms with Crippen LogP contribution in [0.25, 0.3) is 0 Å². The summed E-state index contributed by atoms with van der Waals surface area (Å²) in [6.45, 7) is 0.321. The molecule has 0 spiro atoms. The normalized spacial score (nSPS) is 11.4. The number of sulfonamides is 1. The molecule has 0 bridgehead atoms. The Bertz CT molecular complexity index is 592. The van der Waals surface area contributed by atoms with Gasteiger partial charge in [0.1, 0.15) is 0 Å². The summed E-state index contributed by atoms with van der Waals surface area (Å²) in [4.78, 5) is 0.228. The summed E-state index contributed by atoms with van der Waals surface area (Å²) in [5, 5.41) is 3.55. The molecule has 0 saturated carbocycles. The van der Waals surface area contributed by atoms with Crippen molar-refractivity contribution in [3.8, 4) is 0 Å². The first-order valence-electron chi connectivity index (χ1n) is 4.96. The van der Waals surface area contributed by atoms with Gasteiger partial charge in [-0.2, -0.15) is 11.3 Å². The molecule has 0 aliphatic carbocycles. The van der Waals surface area contributed by atoms with E-state index < -0.39 is 10.0 Å². The van der Waals surface area contributed by atoms with E-state index in [-0.39, 0.29) is 4.90 Å². The Morgan fingerprint density at radius 1 is 1.29 bits per heavy atom. The minimum Gasteiger partial charge on any atom is -0.326 e. The average Bonchev–Trinajstić information content (AvgIpc) is 2.81. The Labute approximate surface area is 104 Å². The number of nitrogens with two attached hydrogens (primary N) is 1. The van der Waals surface area contributed by atoms with Gasteiger partial charge in [-0.25, -0.2) is 8.42 Å². The lowest BCUT2D eigenvalue weighted by atomic mass is 10.2. The van der Waals surface area contributed by atoms with Crippen molar-refractivity contribution >= 4 is 27.0 Å². The van der Waals surface area contributed by atoms with Crippen LogP contribution in [0.4, 0.5) is 5.69 Å².